The highest BCUT2D eigenvalue weighted by Gasteiger charge is 2.33. The van der Waals surface area contributed by atoms with Gasteiger partial charge >= 0.3 is 0 Å². The number of hydrogen-bond donors (Lipinski definition) is 0. The van der Waals surface area contributed by atoms with Gasteiger partial charge in [0.15, 0.2) is 5.78 Å². The number of Topliss-reactive ketones (excluding diaryl/α,β-unsaturated/α-hetero) is 1. The van der Waals surface area contributed by atoms with E-state index in [1.807, 2.05) is 13.8 Å². The molecule has 0 saturated carbocycles. The lowest BCUT2D eigenvalue weighted by atomic mass is 9.94. The second-order valence-electron chi connectivity index (χ2n) is 4.76. The summed E-state index contributed by atoms with van der Waals surface area (Å²) >= 11 is 0. The Morgan fingerprint density at radius 2 is 1.80 bits per heavy atom. The largest absolute Gasteiger partial charge is 0.297 e. The second-order valence-corrected chi connectivity index (χ2v) is 4.76. The Bertz CT molecular complexity index is 254. The molecular weight excluding hydrogens is 186 g/mol. The zero-order valence-electron chi connectivity index (χ0n) is 9.88. The topological polar surface area (TPSA) is 20.3 Å². The van der Waals surface area contributed by atoms with Gasteiger partial charge in [0, 0.05) is 0 Å². The van der Waals surface area contributed by atoms with E-state index < -0.39 is 0 Å². The van der Waals surface area contributed by atoms with Gasteiger partial charge in [-0.2, -0.15) is 0 Å². The van der Waals surface area contributed by atoms with E-state index >= 15 is 0 Å². The summed E-state index contributed by atoms with van der Waals surface area (Å²) in [6.07, 6.45) is 10.4. The van der Waals surface area contributed by atoms with Crippen LogP contribution in [0.5, 0.6) is 0 Å². The van der Waals surface area contributed by atoms with E-state index in [9.17, 15) is 4.79 Å². The molecular formula is C13H21NO. The summed E-state index contributed by atoms with van der Waals surface area (Å²) in [4.78, 5) is 14.2. The molecule has 0 radical (unpaired) electrons. The van der Waals surface area contributed by atoms with Crippen LogP contribution in [0.15, 0.2) is 0 Å². The number of terminal acetylenes is 1. The molecule has 0 N–H and O–H groups in total. The minimum absolute atomic E-state index is 0.173. The first-order chi connectivity index (χ1) is 7.09. The maximum absolute atomic E-state index is 11.9. The van der Waals surface area contributed by atoms with E-state index in [0.29, 0.717) is 0 Å². The van der Waals surface area contributed by atoms with Gasteiger partial charge in [0.1, 0.15) is 0 Å². The maximum atomic E-state index is 11.9. The Labute approximate surface area is 93.0 Å². The third kappa shape index (κ3) is 3.07. The van der Waals surface area contributed by atoms with E-state index in [4.69, 9.17) is 6.42 Å². The number of carbonyl (C=O) groups excluding carboxylic acids is 1. The molecule has 1 aliphatic heterocycles. The van der Waals surface area contributed by atoms with Crippen LogP contribution in [0.25, 0.3) is 0 Å². The highest BCUT2D eigenvalue weighted by Crippen LogP contribution is 2.21. The molecule has 84 valence electrons. The van der Waals surface area contributed by atoms with Crippen LogP contribution >= 0.6 is 0 Å². The van der Waals surface area contributed by atoms with Crippen molar-refractivity contribution in [2.75, 3.05) is 13.1 Å². The molecule has 1 heterocycles. The van der Waals surface area contributed by atoms with Crippen LogP contribution in [-0.2, 0) is 4.79 Å². The van der Waals surface area contributed by atoms with Gasteiger partial charge in [-0.05, 0) is 39.8 Å². The third-order valence-corrected chi connectivity index (χ3v) is 3.34. The Hall–Kier alpha value is -0.810. The molecule has 0 amide bonds. The van der Waals surface area contributed by atoms with Gasteiger partial charge in [-0.25, -0.2) is 0 Å². The molecule has 2 nitrogen and oxygen atoms in total. The van der Waals surface area contributed by atoms with Crippen LogP contribution < -0.4 is 0 Å². The summed E-state index contributed by atoms with van der Waals surface area (Å²) in [5, 5.41) is 0. The summed E-state index contributed by atoms with van der Waals surface area (Å²) in [5.74, 6) is 2.63. The van der Waals surface area contributed by atoms with E-state index in [2.05, 4.69) is 10.8 Å². The SMILES string of the molecule is C#CCC(=O)C(C)(C)N1CCCCCC1. The summed E-state index contributed by atoms with van der Waals surface area (Å²) < 4.78 is 0. The minimum Gasteiger partial charge on any atom is -0.297 e. The van der Waals surface area contributed by atoms with Crippen LogP contribution in [-0.4, -0.2) is 29.3 Å². The third-order valence-electron chi connectivity index (χ3n) is 3.34. The van der Waals surface area contributed by atoms with Gasteiger partial charge in [0.25, 0.3) is 0 Å². The molecule has 0 spiro atoms. The summed E-state index contributed by atoms with van der Waals surface area (Å²) in [6, 6.07) is 0. The van der Waals surface area contributed by atoms with E-state index in [0.717, 1.165) is 13.1 Å². The van der Waals surface area contributed by atoms with Gasteiger partial charge in [-0.3, -0.25) is 9.69 Å². The first-order valence-corrected chi connectivity index (χ1v) is 5.81. The summed E-state index contributed by atoms with van der Waals surface area (Å²) in [5.41, 5.74) is -0.378. The van der Waals surface area contributed by atoms with Crippen molar-refractivity contribution >= 4 is 5.78 Å². The summed E-state index contributed by atoms with van der Waals surface area (Å²) in [7, 11) is 0. The van der Waals surface area contributed by atoms with Crippen molar-refractivity contribution in [2.45, 2.75) is 51.5 Å². The molecule has 0 aromatic rings. The first kappa shape index (κ1) is 12.3. The highest BCUT2D eigenvalue weighted by molar-refractivity contribution is 5.89. The number of ketones is 1. The maximum Gasteiger partial charge on any atom is 0.164 e. The molecule has 0 atom stereocenters. The van der Waals surface area contributed by atoms with Crippen molar-refractivity contribution in [3.05, 3.63) is 0 Å². The molecule has 0 bridgehead atoms. The molecule has 1 aliphatic rings. The quantitative estimate of drug-likeness (QED) is 0.661. The lowest BCUT2D eigenvalue weighted by Gasteiger charge is -2.36. The molecule has 0 aromatic heterocycles. The van der Waals surface area contributed by atoms with Crippen molar-refractivity contribution in [3.8, 4) is 12.3 Å². The Morgan fingerprint density at radius 1 is 1.27 bits per heavy atom. The monoisotopic (exact) mass is 207 g/mol. The number of nitrogens with zero attached hydrogens (tertiary/aromatic N) is 1. The zero-order chi connectivity index (χ0) is 11.3. The average molecular weight is 207 g/mol. The molecule has 0 unspecified atom stereocenters. The molecule has 0 aliphatic carbocycles. The molecule has 0 aromatic carbocycles. The highest BCUT2D eigenvalue weighted by atomic mass is 16.1. The van der Waals surface area contributed by atoms with Crippen molar-refractivity contribution in [2.24, 2.45) is 0 Å². The predicted octanol–water partition coefficient (Wildman–Crippen LogP) is 2.23. The zero-order valence-corrected chi connectivity index (χ0v) is 9.88. The fraction of sp³-hybridized carbons (Fsp3) is 0.769. The lowest BCUT2D eigenvalue weighted by molar-refractivity contribution is -0.128. The van der Waals surface area contributed by atoms with Gasteiger partial charge in [-0.15, -0.1) is 6.42 Å². The van der Waals surface area contributed by atoms with E-state index in [1.165, 1.54) is 25.7 Å². The minimum atomic E-state index is -0.378. The summed E-state index contributed by atoms with van der Waals surface area (Å²) in [6.45, 7) is 6.06. The standard InChI is InChI=1S/C13H21NO/c1-4-9-12(15)13(2,3)14-10-7-5-6-8-11-14/h1H,5-11H2,2-3H3. The molecule has 1 fully saturated rings. The van der Waals surface area contributed by atoms with Crippen LogP contribution in [0.4, 0.5) is 0 Å². The van der Waals surface area contributed by atoms with Crippen LogP contribution in [0.1, 0.15) is 46.0 Å². The van der Waals surface area contributed by atoms with Gasteiger partial charge in [-0.1, -0.05) is 18.8 Å². The first-order valence-electron chi connectivity index (χ1n) is 5.81. The normalized spacial score (nSPS) is 19.3. The van der Waals surface area contributed by atoms with Crippen molar-refractivity contribution in [1.82, 2.24) is 4.90 Å². The van der Waals surface area contributed by atoms with Crippen LogP contribution in [0.3, 0.4) is 0 Å². The van der Waals surface area contributed by atoms with Gasteiger partial charge < -0.3 is 0 Å². The number of likely N-dealkylation sites (tertiary alicyclic amines) is 1. The molecule has 2 heteroatoms. The Morgan fingerprint density at radius 3 is 2.27 bits per heavy atom. The van der Waals surface area contributed by atoms with Crippen molar-refractivity contribution < 1.29 is 4.79 Å². The smallest absolute Gasteiger partial charge is 0.164 e. The Kier molecular flexibility index (Phi) is 4.35. The average Bonchev–Trinajstić information content (AvgIpc) is 2.46. The van der Waals surface area contributed by atoms with E-state index in [-0.39, 0.29) is 17.7 Å². The van der Waals surface area contributed by atoms with E-state index in [1.54, 1.807) is 0 Å². The van der Waals surface area contributed by atoms with Crippen molar-refractivity contribution in [3.63, 3.8) is 0 Å². The number of hydrogen-bond acceptors (Lipinski definition) is 2. The van der Waals surface area contributed by atoms with Crippen LogP contribution in [0, 0.1) is 12.3 Å². The lowest BCUT2D eigenvalue weighted by Crippen LogP contribution is -2.50. The number of carbonyl (C=O) groups is 1. The second kappa shape index (κ2) is 5.32. The number of rotatable bonds is 3. The predicted molar refractivity (Wildman–Crippen MR) is 62.6 cm³/mol. The fourth-order valence-electron chi connectivity index (χ4n) is 2.12. The van der Waals surface area contributed by atoms with Gasteiger partial charge in [0.2, 0.25) is 0 Å². The molecule has 15 heavy (non-hydrogen) atoms. The fourth-order valence-corrected chi connectivity index (χ4v) is 2.12. The molecule has 1 rings (SSSR count). The Balaban J connectivity index is 2.65. The molecule has 1 saturated heterocycles. The van der Waals surface area contributed by atoms with Gasteiger partial charge in [0.05, 0.1) is 12.0 Å². The van der Waals surface area contributed by atoms with Crippen molar-refractivity contribution in [1.29, 1.82) is 0 Å². The van der Waals surface area contributed by atoms with Crippen LogP contribution in [0.2, 0.25) is 0 Å².